The molecule has 282 valence electrons. The molecule has 11 nitrogen and oxygen atoms in total. The predicted molar refractivity (Wildman–Crippen MR) is 185 cm³/mol. The van der Waals surface area contributed by atoms with Crippen molar-refractivity contribution in [1.82, 2.24) is 29.5 Å². The van der Waals surface area contributed by atoms with E-state index in [-0.39, 0.29) is 31.6 Å². The number of halogens is 5. The zero-order chi connectivity index (χ0) is 37.8. The van der Waals surface area contributed by atoms with Crippen LogP contribution in [0.25, 0.3) is 0 Å². The predicted octanol–water partition coefficient (Wildman–Crippen LogP) is 5.49. The summed E-state index contributed by atoms with van der Waals surface area (Å²) in [5, 5.41) is 4.62. The van der Waals surface area contributed by atoms with Crippen LogP contribution in [-0.4, -0.2) is 81.3 Å². The van der Waals surface area contributed by atoms with Gasteiger partial charge in [-0.2, -0.15) is 28.2 Å². The van der Waals surface area contributed by atoms with Gasteiger partial charge < -0.3 is 25.0 Å². The van der Waals surface area contributed by atoms with Gasteiger partial charge in [0.2, 0.25) is 0 Å². The number of aryl methyl sites for hydroxylation is 1. The molecule has 0 aliphatic carbocycles. The van der Waals surface area contributed by atoms with Crippen molar-refractivity contribution in [3.63, 3.8) is 0 Å². The molecule has 0 radical (unpaired) electrons. The van der Waals surface area contributed by atoms with Gasteiger partial charge in [0, 0.05) is 62.4 Å². The van der Waals surface area contributed by atoms with Crippen molar-refractivity contribution in [2.45, 2.75) is 83.5 Å². The maximum absolute atomic E-state index is 15.7. The average Bonchev–Trinajstić information content (AvgIpc) is 3.71. The Morgan fingerprint density at radius 1 is 1.21 bits per heavy atom. The van der Waals surface area contributed by atoms with Crippen LogP contribution >= 0.6 is 0 Å². The highest BCUT2D eigenvalue weighted by atomic mass is 19.4. The summed E-state index contributed by atoms with van der Waals surface area (Å²) >= 11 is 0. The Morgan fingerprint density at radius 3 is 2.72 bits per heavy atom. The first kappa shape index (κ1) is 36.6. The van der Waals surface area contributed by atoms with E-state index in [0.29, 0.717) is 73.7 Å². The first-order chi connectivity index (χ1) is 25.2. The number of aromatic nitrogens is 4. The van der Waals surface area contributed by atoms with Gasteiger partial charge in [-0.3, -0.25) is 14.4 Å². The quantitative estimate of drug-likeness (QED) is 0.199. The molecule has 4 aliphatic rings. The molecule has 2 N–H and O–H groups in total. The number of rotatable bonds is 6. The van der Waals surface area contributed by atoms with Crippen molar-refractivity contribution in [3.8, 4) is 17.9 Å². The fourth-order valence-electron chi connectivity index (χ4n) is 8.17. The summed E-state index contributed by atoms with van der Waals surface area (Å²) in [5.41, 5.74) is 6.01. The Bertz CT molecular complexity index is 2050. The van der Waals surface area contributed by atoms with Crippen LogP contribution in [0.3, 0.4) is 0 Å². The minimum absolute atomic E-state index is 0.00196. The fraction of sp³-hybridized carbons (Fsp3) is 0.514. The molecule has 3 aromatic rings. The van der Waals surface area contributed by atoms with Crippen molar-refractivity contribution in [1.29, 1.82) is 0 Å². The van der Waals surface area contributed by atoms with E-state index in [9.17, 15) is 22.4 Å². The van der Waals surface area contributed by atoms with Crippen LogP contribution in [-0.2, 0) is 37.0 Å². The zero-order valence-electron chi connectivity index (χ0n) is 30.0. The smallest absolute Gasteiger partial charge is 0.418 e. The number of ether oxygens (including phenoxy) is 2. The number of nitrogen functional groups attached to an aromatic ring is 1. The van der Waals surface area contributed by atoms with Crippen LogP contribution < -0.4 is 15.4 Å². The van der Waals surface area contributed by atoms with Gasteiger partial charge in [-0.15, -0.1) is 5.92 Å². The lowest BCUT2D eigenvalue weighted by molar-refractivity contribution is -0.140. The molecule has 1 aromatic carbocycles. The molecule has 4 aliphatic heterocycles. The van der Waals surface area contributed by atoms with Gasteiger partial charge in [0.1, 0.15) is 12.4 Å². The van der Waals surface area contributed by atoms with Gasteiger partial charge in [-0.05, 0) is 57.7 Å². The Kier molecular flexibility index (Phi) is 9.60. The van der Waals surface area contributed by atoms with Gasteiger partial charge in [0.15, 0.2) is 11.5 Å². The third kappa shape index (κ3) is 6.58. The number of nitrogens with two attached hydrogens (primary N) is 1. The van der Waals surface area contributed by atoms with Crippen molar-refractivity contribution in [2.75, 3.05) is 51.0 Å². The summed E-state index contributed by atoms with van der Waals surface area (Å²) in [6.45, 7) is 5.87. The normalized spacial score (nSPS) is 22.2. The second kappa shape index (κ2) is 13.9. The van der Waals surface area contributed by atoms with Gasteiger partial charge in [0.25, 0.3) is 5.91 Å². The van der Waals surface area contributed by atoms with Gasteiger partial charge in [-0.25, -0.2) is 8.78 Å². The molecule has 1 amide bonds. The van der Waals surface area contributed by atoms with E-state index in [2.05, 4.69) is 21.8 Å². The number of benzene rings is 1. The number of carbonyl (C=O) groups is 1. The second-order valence-corrected chi connectivity index (χ2v) is 14.3. The Hall–Kier alpha value is -4.75. The van der Waals surface area contributed by atoms with E-state index in [4.69, 9.17) is 25.2 Å². The SMILES string of the molecule is CC#Cc1cc(N)c(F)c(C2Cc3nc(OCC45CCCN4C/C(=C/F)C5)nc(N4CCCn5nc(C(=O)N(C)C)c(C)c5C4)c3CO2)c1C(F)(F)F. The Morgan fingerprint density at radius 2 is 2.00 bits per heavy atom. The third-order valence-electron chi connectivity index (χ3n) is 10.7. The summed E-state index contributed by atoms with van der Waals surface area (Å²) < 4.78 is 87.5. The van der Waals surface area contributed by atoms with Crippen LogP contribution in [0.15, 0.2) is 18.0 Å². The fourth-order valence-corrected chi connectivity index (χ4v) is 8.17. The second-order valence-electron chi connectivity index (χ2n) is 14.3. The molecule has 2 aromatic heterocycles. The molecular weight excluding hydrogens is 699 g/mol. The van der Waals surface area contributed by atoms with E-state index in [1.54, 1.807) is 14.1 Å². The lowest BCUT2D eigenvalue weighted by atomic mass is 9.90. The summed E-state index contributed by atoms with van der Waals surface area (Å²) in [5.74, 6) is 3.90. The van der Waals surface area contributed by atoms with Crippen molar-refractivity contribution < 1.29 is 36.2 Å². The number of amides is 1. The highest BCUT2D eigenvalue weighted by Gasteiger charge is 2.48. The molecule has 2 atom stereocenters. The lowest BCUT2D eigenvalue weighted by Gasteiger charge is -2.33. The minimum Gasteiger partial charge on any atom is -0.461 e. The van der Waals surface area contributed by atoms with Crippen molar-refractivity contribution in [2.24, 2.45) is 0 Å². The average molecular weight is 741 g/mol. The Labute approximate surface area is 303 Å². The molecular formula is C37H41F5N8O3. The van der Waals surface area contributed by atoms with Crippen LogP contribution in [0.1, 0.15) is 88.4 Å². The lowest BCUT2D eigenvalue weighted by Crippen LogP contribution is -2.43. The van der Waals surface area contributed by atoms with Gasteiger partial charge in [-0.1, -0.05) is 5.92 Å². The largest absolute Gasteiger partial charge is 0.461 e. The highest BCUT2D eigenvalue weighted by Crippen LogP contribution is 2.45. The van der Waals surface area contributed by atoms with Crippen LogP contribution in [0, 0.1) is 24.6 Å². The van der Waals surface area contributed by atoms with Gasteiger partial charge in [0.05, 0.1) is 53.8 Å². The van der Waals surface area contributed by atoms with Crippen LogP contribution in [0.4, 0.5) is 33.5 Å². The monoisotopic (exact) mass is 740 g/mol. The van der Waals surface area contributed by atoms with E-state index in [1.165, 1.54) is 11.8 Å². The summed E-state index contributed by atoms with van der Waals surface area (Å²) in [6, 6.07) is 0.890. The molecule has 53 heavy (non-hydrogen) atoms. The molecule has 2 saturated heterocycles. The first-order valence-electron chi connectivity index (χ1n) is 17.6. The summed E-state index contributed by atoms with van der Waals surface area (Å²) in [4.78, 5) is 28.2. The molecule has 7 rings (SSSR count). The molecule has 2 fully saturated rings. The number of fused-ring (bicyclic) bond motifs is 3. The van der Waals surface area contributed by atoms with Crippen LogP contribution in [0.5, 0.6) is 6.01 Å². The topological polar surface area (TPSA) is 115 Å². The van der Waals surface area contributed by atoms with Crippen molar-refractivity contribution >= 4 is 17.4 Å². The Balaban J connectivity index is 1.30. The van der Waals surface area contributed by atoms with E-state index in [1.807, 2.05) is 16.5 Å². The molecule has 0 bridgehead atoms. The molecule has 16 heteroatoms. The number of hydrogen-bond donors (Lipinski definition) is 1. The number of alkyl halides is 3. The van der Waals surface area contributed by atoms with E-state index in [0.717, 1.165) is 36.7 Å². The third-order valence-corrected chi connectivity index (χ3v) is 10.7. The molecule has 0 spiro atoms. The summed E-state index contributed by atoms with van der Waals surface area (Å²) in [6.07, 6.45) is -3.09. The maximum Gasteiger partial charge on any atom is 0.418 e. The number of hydrogen-bond acceptors (Lipinski definition) is 9. The number of carbonyl (C=O) groups excluding carboxylic acids is 1. The number of nitrogens with zero attached hydrogens (tertiary/aromatic N) is 7. The van der Waals surface area contributed by atoms with E-state index >= 15 is 4.39 Å². The maximum atomic E-state index is 15.7. The standard InChI is InChI=1S/C37H41F5N8O3/c1-5-8-23-13-25(43)31(39)29(30(23)37(40,41)42)28-14-26-24(19-52-28)33(45-35(44-26)53-20-36-9-6-11-49(36)17-22(15-36)16-38)48-10-7-12-50-27(18-48)21(2)32(46-50)34(51)47(3)4/h13,16,28H,6-7,9-12,14-15,17-20,43H2,1-4H3/b22-16+. The zero-order valence-corrected chi connectivity index (χ0v) is 30.0. The summed E-state index contributed by atoms with van der Waals surface area (Å²) in [7, 11) is 3.33. The molecule has 6 heterocycles. The van der Waals surface area contributed by atoms with Crippen LogP contribution in [0.2, 0.25) is 0 Å². The molecule has 0 saturated carbocycles. The minimum atomic E-state index is -4.96. The van der Waals surface area contributed by atoms with E-state index < -0.39 is 46.0 Å². The molecule has 2 unspecified atom stereocenters. The highest BCUT2D eigenvalue weighted by molar-refractivity contribution is 5.93. The first-order valence-corrected chi connectivity index (χ1v) is 17.6. The van der Waals surface area contributed by atoms with Crippen molar-refractivity contribution in [3.05, 3.63) is 68.7 Å². The van der Waals surface area contributed by atoms with Gasteiger partial charge >= 0.3 is 12.2 Å². The number of anilines is 2.